The molecular weight excluding hydrogens is 154 g/mol. The van der Waals surface area contributed by atoms with Crippen molar-refractivity contribution in [2.75, 3.05) is 0 Å². The summed E-state index contributed by atoms with van der Waals surface area (Å²) in [6.07, 6.45) is 0. The van der Waals surface area contributed by atoms with Crippen LogP contribution in [0.5, 0.6) is 0 Å². The fourth-order valence-corrected chi connectivity index (χ4v) is 0.678. The zero-order chi connectivity index (χ0) is 7.49. The van der Waals surface area contributed by atoms with Crippen LogP contribution in [0, 0.1) is 11.3 Å². The molecule has 9 heavy (non-hydrogen) atoms. The van der Waals surface area contributed by atoms with Gasteiger partial charge in [0.25, 0.3) is 0 Å². The number of thiocarbonyl (C=S) groups is 1. The molecule has 0 aromatic rings. The predicted octanol–water partition coefficient (Wildman–Crippen LogP) is 1.52. The molecule has 0 spiro atoms. The van der Waals surface area contributed by atoms with Crippen LogP contribution < -0.4 is 0 Å². The third-order valence-electron chi connectivity index (χ3n) is 0.612. The Balaban J connectivity index is 3.91. The van der Waals surface area contributed by atoms with Gasteiger partial charge in [0.1, 0.15) is 6.07 Å². The fraction of sp³-hybridized carbons (Fsp3) is 0.600. The summed E-state index contributed by atoms with van der Waals surface area (Å²) in [5.74, 6) is 0. The Kier molecular flexibility index (Phi) is 2.95. The molecule has 0 heterocycles. The average molecular weight is 161 g/mol. The van der Waals surface area contributed by atoms with Crippen molar-refractivity contribution in [3.05, 3.63) is 0 Å². The van der Waals surface area contributed by atoms with E-state index in [0.717, 1.165) is 0 Å². The summed E-state index contributed by atoms with van der Waals surface area (Å²) in [5, 5.41) is 8.37. The SMILES string of the molecule is CC(C)(C#N)OC(=S)S. The maximum atomic E-state index is 8.37. The van der Waals surface area contributed by atoms with Crippen LogP contribution >= 0.6 is 24.8 Å². The van der Waals surface area contributed by atoms with Crippen LogP contribution in [0.3, 0.4) is 0 Å². The molecule has 2 nitrogen and oxygen atoms in total. The van der Waals surface area contributed by atoms with Crippen LogP contribution in [0.4, 0.5) is 0 Å². The molecule has 0 bridgehead atoms. The van der Waals surface area contributed by atoms with Crippen molar-refractivity contribution in [1.29, 1.82) is 5.26 Å². The minimum Gasteiger partial charge on any atom is -0.457 e. The van der Waals surface area contributed by atoms with Crippen molar-refractivity contribution in [3.8, 4) is 6.07 Å². The molecule has 0 unspecified atom stereocenters. The predicted molar refractivity (Wildman–Crippen MR) is 42.4 cm³/mol. The van der Waals surface area contributed by atoms with Gasteiger partial charge in [0, 0.05) is 0 Å². The maximum absolute atomic E-state index is 8.37. The molecule has 0 aliphatic carbocycles. The smallest absolute Gasteiger partial charge is 0.218 e. The summed E-state index contributed by atoms with van der Waals surface area (Å²) >= 11 is 8.20. The minimum absolute atomic E-state index is 0.0987. The maximum Gasteiger partial charge on any atom is 0.218 e. The van der Waals surface area contributed by atoms with E-state index in [2.05, 4.69) is 24.8 Å². The van der Waals surface area contributed by atoms with Gasteiger partial charge in [0.15, 0.2) is 5.60 Å². The number of thiol groups is 1. The molecular formula is C5H7NOS2. The van der Waals surface area contributed by atoms with Gasteiger partial charge in [-0.1, -0.05) is 12.6 Å². The van der Waals surface area contributed by atoms with E-state index in [1.54, 1.807) is 13.8 Å². The molecule has 0 fully saturated rings. The Morgan fingerprint density at radius 1 is 1.78 bits per heavy atom. The molecule has 0 rings (SSSR count). The highest BCUT2D eigenvalue weighted by atomic mass is 32.1. The van der Waals surface area contributed by atoms with E-state index >= 15 is 0 Å². The number of rotatable bonds is 1. The van der Waals surface area contributed by atoms with Crippen molar-refractivity contribution < 1.29 is 4.74 Å². The monoisotopic (exact) mass is 161 g/mol. The highest BCUT2D eigenvalue weighted by Gasteiger charge is 2.17. The molecule has 4 heteroatoms. The molecule has 50 valence electrons. The second-order valence-corrected chi connectivity index (χ2v) is 3.07. The molecule has 0 N–H and O–H groups in total. The lowest BCUT2D eigenvalue weighted by Crippen LogP contribution is -2.22. The van der Waals surface area contributed by atoms with Crippen LogP contribution in [0.1, 0.15) is 13.8 Å². The second-order valence-electron chi connectivity index (χ2n) is 1.99. The third-order valence-corrected chi connectivity index (χ3v) is 0.786. The largest absolute Gasteiger partial charge is 0.457 e. The summed E-state index contributed by atoms with van der Waals surface area (Å²) in [6.45, 7) is 3.24. The zero-order valence-electron chi connectivity index (χ0n) is 5.21. The molecule has 0 aliphatic heterocycles. The number of hydrogen-bond acceptors (Lipinski definition) is 3. The molecule has 0 atom stereocenters. The van der Waals surface area contributed by atoms with E-state index in [0.29, 0.717) is 0 Å². The topological polar surface area (TPSA) is 33.0 Å². The summed E-state index contributed by atoms with van der Waals surface area (Å²) in [7, 11) is 0. The highest BCUT2D eigenvalue weighted by molar-refractivity contribution is 8.10. The lowest BCUT2D eigenvalue weighted by atomic mass is 10.2. The summed E-state index contributed by atoms with van der Waals surface area (Å²) in [5.41, 5.74) is -0.848. The van der Waals surface area contributed by atoms with E-state index < -0.39 is 5.60 Å². The summed E-state index contributed by atoms with van der Waals surface area (Å²) in [6, 6.07) is 1.91. The summed E-state index contributed by atoms with van der Waals surface area (Å²) < 4.78 is 4.92. The van der Waals surface area contributed by atoms with Crippen LogP contribution in [-0.2, 0) is 4.74 Å². The van der Waals surface area contributed by atoms with Crippen molar-refractivity contribution in [2.24, 2.45) is 0 Å². The second kappa shape index (κ2) is 3.04. The molecule has 0 aromatic heterocycles. The zero-order valence-corrected chi connectivity index (χ0v) is 6.92. The number of ether oxygens (including phenoxy) is 1. The normalized spacial score (nSPS) is 10.0. The quantitative estimate of drug-likeness (QED) is 0.467. The first-order valence-electron chi connectivity index (χ1n) is 2.31. The van der Waals surface area contributed by atoms with Crippen molar-refractivity contribution in [1.82, 2.24) is 0 Å². The first kappa shape index (κ1) is 8.73. The Bertz CT molecular complexity index is 159. The van der Waals surface area contributed by atoms with Crippen molar-refractivity contribution in [3.63, 3.8) is 0 Å². The molecule has 0 saturated carbocycles. The molecule has 0 aliphatic rings. The van der Waals surface area contributed by atoms with Gasteiger partial charge < -0.3 is 4.74 Å². The minimum atomic E-state index is -0.848. The van der Waals surface area contributed by atoms with Gasteiger partial charge >= 0.3 is 0 Å². The number of hydrogen-bond donors (Lipinski definition) is 1. The molecule has 0 aromatic carbocycles. The lowest BCUT2D eigenvalue weighted by Gasteiger charge is -2.15. The standard InChI is InChI=1S/C5H7NOS2/c1-5(2,3-6)7-4(8)9/h1-2H3,(H,8,9). The summed E-state index contributed by atoms with van der Waals surface area (Å²) in [4.78, 5) is 0. The first-order chi connectivity index (χ1) is 3.98. The Morgan fingerprint density at radius 3 is 2.33 bits per heavy atom. The van der Waals surface area contributed by atoms with Crippen molar-refractivity contribution in [2.45, 2.75) is 19.4 Å². The van der Waals surface area contributed by atoms with Crippen LogP contribution in [0.15, 0.2) is 0 Å². The van der Waals surface area contributed by atoms with E-state index in [9.17, 15) is 0 Å². The van der Waals surface area contributed by atoms with Gasteiger partial charge in [-0.2, -0.15) is 5.26 Å². The molecule has 0 radical (unpaired) electrons. The number of nitrogens with zero attached hydrogens (tertiary/aromatic N) is 1. The van der Waals surface area contributed by atoms with Crippen molar-refractivity contribution >= 4 is 29.2 Å². The van der Waals surface area contributed by atoms with Crippen LogP contribution in [0.25, 0.3) is 0 Å². The molecule has 0 amide bonds. The Labute approximate surface area is 65.2 Å². The van der Waals surface area contributed by atoms with Gasteiger partial charge in [0.05, 0.1) is 0 Å². The van der Waals surface area contributed by atoms with Gasteiger partial charge in [-0.15, -0.1) is 0 Å². The van der Waals surface area contributed by atoms with Gasteiger partial charge in [-0.3, -0.25) is 0 Å². The van der Waals surface area contributed by atoms with E-state index in [4.69, 9.17) is 10.00 Å². The van der Waals surface area contributed by atoms with E-state index in [1.807, 2.05) is 6.07 Å². The van der Waals surface area contributed by atoms with Crippen LogP contribution in [-0.4, -0.2) is 9.98 Å². The van der Waals surface area contributed by atoms with Crippen LogP contribution in [0.2, 0.25) is 0 Å². The van der Waals surface area contributed by atoms with Gasteiger partial charge in [0.2, 0.25) is 4.38 Å². The first-order valence-corrected chi connectivity index (χ1v) is 3.17. The third kappa shape index (κ3) is 4.25. The van der Waals surface area contributed by atoms with E-state index in [1.165, 1.54) is 0 Å². The van der Waals surface area contributed by atoms with Gasteiger partial charge in [-0.05, 0) is 26.1 Å². The van der Waals surface area contributed by atoms with Gasteiger partial charge in [-0.25, -0.2) is 0 Å². The molecule has 0 saturated heterocycles. The number of nitriles is 1. The highest BCUT2D eigenvalue weighted by Crippen LogP contribution is 2.08. The fourth-order valence-electron chi connectivity index (χ4n) is 0.241. The van der Waals surface area contributed by atoms with E-state index in [-0.39, 0.29) is 4.38 Å². The lowest BCUT2D eigenvalue weighted by molar-refractivity contribution is 0.168. The Hall–Kier alpha value is -0.270. The Morgan fingerprint density at radius 2 is 2.22 bits per heavy atom. The average Bonchev–Trinajstić information content (AvgIpc) is 1.63.